The van der Waals surface area contributed by atoms with Crippen molar-refractivity contribution < 1.29 is 9.47 Å². The van der Waals surface area contributed by atoms with Crippen LogP contribution in [0, 0.1) is 5.92 Å². The first-order valence-electron chi connectivity index (χ1n) is 6.90. The van der Waals surface area contributed by atoms with Gasteiger partial charge in [-0.2, -0.15) is 0 Å². The Morgan fingerprint density at radius 2 is 2.32 bits per heavy atom. The largest absolute Gasteiger partial charge is 0.496 e. The average molecular weight is 260 g/mol. The molecule has 102 valence electrons. The molecule has 2 aliphatic rings. The molecule has 1 fully saturated rings. The van der Waals surface area contributed by atoms with E-state index in [9.17, 15) is 0 Å². The highest BCUT2D eigenvalue weighted by Crippen LogP contribution is 2.23. The van der Waals surface area contributed by atoms with Crippen molar-refractivity contribution in [2.45, 2.75) is 18.9 Å². The van der Waals surface area contributed by atoms with Crippen LogP contribution in [0.5, 0.6) is 5.75 Å². The van der Waals surface area contributed by atoms with E-state index in [1.165, 1.54) is 5.56 Å². The molecule has 1 aromatic carbocycles. The van der Waals surface area contributed by atoms with Crippen LogP contribution in [0.3, 0.4) is 0 Å². The van der Waals surface area contributed by atoms with E-state index in [0.29, 0.717) is 5.92 Å². The highest BCUT2D eigenvalue weighted by molar-refractivity contribution is 5.80. The van der Waals surface area contributed by atoms with Crippen molar-refractivity contribution in [1.29, 1.82) is 0 Å². The van der Waals surface area contributed by atoms with E-state index in [1.54, 1.807) is 7.11 Å². The second kappa shape index (κ2) is 5.61. The normalized spacial score (nSPS) is 26.1. The predicted octanol–water partition coefficient (Wildman–Crippen LogP) is 1.64. The topological polar surface area (TPSA) is 42.8 Å². The second-order valence-corrected chi connectivity index (χ2v) is 5.12. The van der Waals surface area contributed by atoms with E-state index in [0.717, 1.165) is 44.1 Å². The zero-order valence-electron chi connectivity index (χ0n) is 11.3. The minimum atomic E-state index is 0.159. The monoisotopic (exact) mass is 260 g/mol. The Balaban J connectivity index is 1.60. The van der Waals surface area contributed by atoms with E-state index in [1.807, 2.05) is 18.2 Å². The summed E-state index contributed by atoms with van der Waals surface area (Å²) in [5.41, 5.74) is 1.19. The third kappa shape index (κ3) is 2.73. The molecule has 0 saturated carbocycles. The highest BCUT2D eigenvalue weighted by atomic mass is 16.5. The number of aliphatic imine (C=N–C) groups is 1. The van der Waals surface area contributed by atoms with E-state index >= 15 is 0 Å². The summed E-state index contributed by atoms with van der Waals surface area (Å²) in [5.74, 6) is 2.36. The zero-order valence-corrected chi connectivity index (χ0v) is 11.3. The van der Waals surface area contributed by atoms with Gasteiger partial charge in [0.15, 0.2) is 5.90 Å². The molecule has 4 nitrogen and oxygen atoms in total. The first kappa shape index (κ1) is 12.5. The van der Waals surface area contributed by atoms with Gasteiger partial charge < -0.3 is 14.8 Å². The smallest absolute Gasteiger partial charge is 0.188 e. The van der Waals surface area contributed by atoms with Gasteiger partial charge in [0, 0.05) is 18.9 Å². The minimum absolute atomic E-state index is 0.159. The fourth-order valence-corrected chi connectivity index (χ4v) is 2.75. The van der Waals surface area contributed by atoms with Crippen molar-refractivity contribution in [1.82, 2.24) is 5.32 Å². The van der Waals surface area contributed by atoms with Gasteiger partial charge in [-0.25, -0.2) is 0 Å². The second-order valence-electron chi connectivity index (χ2n) is 5.12. The number of ether oxygens (including phenoxy) is 2. The molecule has 1 aromatic rings. The van der Waals surface area contributed by atoms with Crippen LogP contribution in [-0.4, -0.2) is 38.7 Å². The van der Waals surface area contributed by atoms with Crippen molar-refractivity contribution in [3.05, 3.63) is 29.8 Å². The summed E-state index contributed by atoms with van der Waals surface area (Å²) >= 11 is 0. The van der Waals surface area contributed by atoms with Crippen molar-refractivity contribution in [2.24, 2.45) is 10.9 Å². The summed E-state index contributed by atoms with van der Waals surface area (Å²) in [7, 11) is 1.71. The van der Waals surface area contributed by atoms with Crippen LogP contribution in [0.15, 0.2) is 29.3 Å². The van der Waals surface area contributed by atoms with Crippen LogP contribution < -0.4 is 10.1 Å². The third-order valence-corrected chi connectivity index (χ3v) is 3.79. The van der Waals surface area contributed by atoms with Gasteiger partial charge in [-0.3, -0.25) is 4.99 Å². The Labute approximate surface area is 113 Å². The molecule has 1 N–H and O–H groups in total. The summed E-state index contributed by atoms with van der Waals surface area (Å²) < 4.78 is 11.4. The molecule has 2 atom stereocenters. The number of para-hydroxylation sites is 1. The van der Waals surface area contributed by atoms with Crippen LogP contribution in [-0.2, 0) is 11.2 Å². The van der Waals surface area contributed by atoms with Gasteiger partial charge >= 0.3 is 0 Å². The summed E-state index contributed by atoms with van der Waals surface area (Å²) in [6.07, 6.45) is 2.16. The molecule has 0 aliphatic carbocycles. The molecule has 2 unspecified atom stereocenters. The van der Waals surface area contributed by atoms with Gasteiger partial charge in [0.25, 0.3) is 0 Å². The van der Waals surface area contributed by atoms with Gasteiger partial charge in [0.05, 0.1) is 13.7 Å². The summed E-state index contributed by atoms with van der Waals surface area (Å²) in [6.45, 7) is 2.84. The molecule has 1 saturated heterocycles. The van der Waals surface area contributed by atoms with Gasteiger partial charge in [0.2, 0.25) is 0 Å². The molecular formula is C15H20N2O2. The van der Waals surface area contributed by atoms with E-state index in [4.69, 9.17) is 9.47 Å². The number of methoxy groups -OCH3 is 1. The SMILES string of the molecule is COc1ccccc1CC1CN=C(C2CCNC2)O1. The maximum Gasteiger partial charge on any atom is 0.188 e. The fraction of sp³-hybridized carbons (Fsp3) is 0.533. The lowest BCUT2D eigenvalue weighted by Gasteiger charge is -2.15. The van der Waals surface area contributed by atoms with Crippen LogP contribution >= 0.6 is 0 Å². The standard InChI is InChI=1S/C15H20N2O2/c1-18-14-5-3-2-4-11(14)8-13-10-17-15(19-13)12-6-7-16-9-12/h2-5,12-13,16H,6-10H2,1H3. The quantitative estimate of drug-likeness (QED) is 0.895. The molecule has 3 rings (SSSR count). The van der Waals surface area contributed by atoms with Crippen LogP contribution in [0.4, 0.5) is 0 Å². The number of hydrogen-bond acceptors (Lipinski definition) is 4. The Bertz CT molecular complexity index is 467. The van der Waals surface area contributed by atoms with Crippen molar-refractivity contribution >= 4 is 5.90 Å². The van der Waals surface area contributed by atoms with Gasteiger partial charge in [-0.15, -0.1) is 0 Å². The molecule has 19 heavy (non-hydrogen) atoms. The van der Waals surface area contributed by atoms with E-state index < -0.39 is 0 Å². The molecule has 0 aromatic heterocycles. The maximum absolute atomic E-state index is 6.00. The molecular weight excluding hydrogens is 240 g/mol. The number of nitrogens with one attached hydrogen (secondary N) is 1. The summed E-state index contributed by atoms with van der Waals surface area (Å²) in [4.78, 5) is 4.56. The summed E-state index contributed by atoms with van der Waals surface area (Å²) in [5, 5.41) is 3.35. The molecule has 4 heteroatoms. The van der Waals surface area contributed by atoms with E-state index in [-0.39, 0.29) is 6.10 Å². The Morgan fingerprint density at radius 3 is 3.11 bits per heavy atom. The summed E-state index contributed by atoms with van der Waals surface area (Å²) in [6, 6.07) is 8.11. The highest BCUT2D eigenvalue weighted by Gasteiger charge is 2.29. The number of nitrogens with zero attached hydrogens (tertiary/aromatic N) is 1. The van der Waals surface area contributed by atoms with Crippen molar-refractivity contribution in [3.63, 3.8) is 0 Å². The first-order chi connectivity index (χ1) is 9.36. The van der Waals surface area contributed by atoms with Crippen LogP contribution in [0.1, 0.15) is 12.0 Å². The van der Waals surface area contributed by atoms with Crippen molar-refractivity contribution in [2.75, 3.05) is 26.7 Å². The number of benzene rings is 1. The van der Waals surface area contributed by atoms with Gasteiger partial charge in [-0.1, -0.05) is 18.2 Å². The van der Waals surface area contributed by atoms with Crippen LogP contribution in [0.2, 0.25) is 0 Å². The van der Waals surface area contributed by atoms with Gasteiger partial charge in [0.1, 0.15) is 11.9 Å². The molecule has 2 heterocycles. The zero-order chi connectivity index (χ0) is 13.1. The molecule has 2 aliphatic heterocycles. The molecule has 0 bridgehead atoms. The Hall–Kier alpha value is -1.55. The van der Waals surface area contributed by atoms with Gasteiger partial charge in [-0.05, 0) is 24.6 Å². The first-order valence-corrected chi connectivity index (χ1v) is 6.90. The van der Waals surface area contributed by atoms with E-state index in [2.05, 4.69) is 16.4 Å². The average Bonchev–Trinajstić information content (AvgIpc) is 3.09. The Morgan fingerprint density at radius 1 is 1.42 bits per heavy atom. The van der Waals surface area contributed by atoms with Crippen LogP contribution in [0.25, 0.3) is 0 Å². The Kier molecular flexibility index (Phi) is 3.69. The lowest BCUT2D eigenvalue weighted by atomic mass is 10.1. The molecule has 0 spiro atoms. The minimum Gasteiger partial charge on any atom is -0.496 e. The molecule has 0 amide bonds. The third-order valence-electron chi connectivity index (χ3n) is 3.79. The number of rotatable bonds is 4. The predicted molar refractivity (Wildman–Crippen MR) is 74.8 cm³/mol. The lowest BCUT2D eigenvalue weighted by molar-refractivity contribution is 0.210. The lowest BCUT2D eigenvalue weighted by Crippen LogP contribution is -2.22. The van der Waals surface area contributed by atoms with Crippen molar-refractivity contribution in [3.8, 4) is 5.75 Å². The number of hydrogen-bond donors (Lipinski definition) is 1. The maximum atomic E-state index is 6.00. The fourth-order valence-electron chi connectivity index (χ4n) is 2.75. The molecule has 0 radical (unpaired) electrons.